The van der Waals surface area contributed by atoms with Gasteiger partial charge in [0.2, 0.25) is 12.7 Å². The molecule has 6 heteroatoms. The van der Waals surface area contributed by atoms with Gasteiger partial charge in [0.1, 0.15) is 0 Å². The minimum Gasteiger partial charge on any atom is -0.454 e. The van der Waals surface area contributed by atoms with Crippen molar-refractivity contribution in [1.29, 1.82) is 0 Å². The summed E-state index contributed by atoms with van der Waals surface area (Å²) in [4.78, 5) is 17.1. The number of anilines is 1. The van der Waals surface area contributed by atoms with Crippen LogP contribution in [0.1, 0.15) is 5.56 Å². The van der Waals surface area contributed by atoms with E-state index in [-0.39, 0.29) is 12.7 Å². The molecule has 1 amide bonds. The van der Waals surface area contributed by atoms with Crippen LogP contribution in [0.15, 0.2) is 66.0 Å². The molecule has 0 fully saturated rings. The molecule has 1 N–H and O–H groups in total. The Hall–Kier alpha value is -3.38. The van der Waals surface area contributed by atoms with Crippen LogP contribution in [0.2, 0.25) is 0 Å². The fourth-order valence-corrected chi connectivity index (χ4v) is 4.04. The average Bonchev–Trinajstić information content (AvgIpc) is 3.37. The zero-order valence-corrected chi connectivity index (χ0v) is 15.7. The minimum atomic E-state index is -0.0806. The normalized spacial score (nSPS) is 12.3. The third kappa shape index (κ3) is 3.18. The second-order valence-corrected chi connectivity index (χ2v) is 7.33. The molecule has 28 heavy (non-hydrogen) atoms. The van der Waals surface area contributed by atoms with E-state index in [0.29, 0.717) is 17.3 Å². The minimum absolute atomic E-state index is 0.0806. The zero-order chi connectivity index (χ0) is 18.9. The van der Waals surface area contributed by atoms with E-state index in [9.17, 15) is 4.79 Å². The Kier molecular flexibility index (Phi) is 4.18. The van der Waals surface area contributed by atoms with Crippen LogP contribution >= 0.6 is 11.3 Å². The molecule has 0 unspecified atom stereocenters. The average molecular weight is 388 g/mol. The van der Waals surface area contributed by atoms with Crippen molar-refractivity contribution >= 4 is 33.1 Å². The van der Waals surface area contributed by atoms with Crippen LogP contribution in [0.25, 0.3) is 22.0 Å². The molecule has 0 bridgehead atoms. The van der Waals surface area contributed by atoms with Gasteiger partial charge < -0.3 is 14.8 Å². The molecule has 1 aliphatic rings. The lowest BCUT2D eigenvalue weighted by molar-refractivity contribution is -0.115. The summed E-state index contributed by atoms with van der Waals surface area (Å²) in [5.41, 5.74) is 2.72. The van der Waals surface area contributed by atoms with Crippen molar-refractivity contribution in [2.24, 2.45) is 0 Å². The highest BCUT2D eigenvalue weighted by Gasteiger charge is 2.16. The number of hydrogen-bond acceptors (Lipinski definition) is 5. The number of thiazole rings is 1. The van der Waals surface area contributed by atoms with E-state index in [0.717, 1.165) is 33.3 Å². The predicted octanol–water partition coefficient (Wildman–Crippen LogP) is 4.87. The molecule has 4 aromatic rings. The lowest BCUT2D eigenvalue weighted by Crippen LogP contribution is -2.14. The van der Waals surface area contributed by atoms with E-state index in [4.69, 9.17) is 9.47 Å². The summed E-state index contributed by atoms with van der Waals surface area (Å²) < 4.78 is 10.8. The van der Waals surface area contributed by atoms with Gasteiger partial charge in [-0.05, 0) is 34.5 Å². The molecule has 3 aromatic carbocycles. The summed E-state index contributed by atoms with van der Waals surface area (Å²) >= 11 is 1.41. The SMILES string of the molecule is O=C(Cc1cccc2ccccc12)Nc1nc(-c2ccc3c(c2)OCO3)cs1. The van der Waals surface area contributed by atoms with Gasteiger partial charge in [0.15, 0.2) is 16.6 Å². The Morgan fingerprint density at radius 1 is 1.04 bits per heavy atom. The molecular weight excluding hydrogens is 372 g/mol. The van der Waals surface area contributed by atoms with Gasteiger partial charge in [0.05, 0.1) is 12.1 Å². The van der Waals surface area contributed by atoms with Crippen LogP contribution in [0.4, 0.5) is 5.13 Å². The van der Waals surface area contributed by atoms with Gasteiger partial charge in [0, 0.05) is 10.9 Å². The number of fused-ring (bicyclic) bond motifs is 2. The van der Waals surface area contributed by atoms with Crippen molar-refractivity contribution in [3.05, 3.63) is 71.6 Å². The number of rotatable bonds is 4. The largest absolute Gasteiger partial charge is 0.454 e. The third-order valence-corrected chi connectivity index (χ3v) is 5.41. The smallest absolute Gasteiger partial charge is 0.231 e. The zero-order valence-electron chi connectivity index (χ0n) is 14.8. The number of ether oxygens (including phenoxy) is 2. The number of amides is 1. The molecule has 0 spiro atoms. The Labute approximate surface area is 165 Å². The lowest BCUT2D eigenvalue weighted by atomic mass is 10.0. The first-order chi connectivity index (χ1) is 13.8. The highest BCUT2D eigenvalue weighted by atomic mass is 32.1. The molecule has 5 nitrogen and oxygen atoms in total. The van der Waals surface area contributed by atoms with Gasteiger partial charge in [-0.3, -0.25) is 4.79 Å². The van der Waals surface area contributed by atoms with Crippen LogP contribution in [-0.4, -0.2) is 17.7 Å². The number of hydrogen-bond donors (Lipinski definition) is 1. The standard InChI is InChI=1S/C22H16N2O3S/c25-21(11-15-6-3-5-14-4-1-2-7-17(14)15)24-22-23-18(12-28-22)16-8-9-19-20(10-16)27-13-26-19/h1-10,12H,11,13H2,(H,23,24,25). The van der Waals surface area contributed by atoms with E-state index in [1.807, 2.05) is 53.9 Å². The number of carbonyl (C=O) groups excluding carboxylic acids is 1. The number of benzene rings is 3. The molecule has 0 radical (unpaired) electrons. The van der Waals surface area contributed by atoms with Crippen molar-refractivity contribution in [2.75, 3.05) is 12.1 Å². The van der Waals surface area contributed by atoms with Crippen molar-refractivity contribution in [1.82, 2.24) is 4.98 Å². The van der Waals surface area contributed by atoms with Crippen molar-refractivity contribution in [3.8, 4) is 22.8 Å². The first kappa shape index (κ1) is 16.8. The fraction of sp³-hybridized carbons (Fsp3) is 0.0909. The van der Waals surface area contributed by atoms with Crippen LogP contribution in [-0.2, 0) is 11.2 Å². The lowest BCUT2D eigenvalue weighted by Gasteiger charge is -2.06. The molecule has 1 aliphatic heterocycles. The first-order valence-corrected chi connectivity index (χ1v) is 9.76. The Morgan fingerprint density at radius 2 is 1.89 bits per heavy atom. The van der Waals surface area contributed by atoms with Gasteiger partial charge in [-0.15, -0.1) is 11.3 Å². The van der Waals surface area contributed by atoms with E-state index < -0.39 is 0 Å². The molecule has 0 saturated carbocycles. The van der Waals surface area contributed by atoms with Gasteiger partial charge in [-0.25, -0.2) is 4.98 Å². The molecule has 0 saturated heterocycles. The number of carbonyl (C=O) groups is 1. The highest BCUT2D eigenvalue weighted by Crippen LogP contribution is 2.36. The van der Waals surface area contributed by atoms with Gasteiger partial charge in [-0.1, -0.05) is 42.5 Å². The number of nitrogens with zero attached hydrogens (tertiary/aromatic N) is 1. The Balaban J connectivity index is 1.32. The summed E-state index contributed by atoms with van der Waals surface area (Å²) in [6.07, 6.45) is 0.306. The van der Waals surface area contributed by atoms with Gasteiger partial charge in [-0.2, -0.15) is 0 Å². The van der Waals surface area contributed by atoms with Crippen LogP contribution < -0.4 is 14.8 Å². The van der Waals surface area contributed by atoms with Crippen molar-refractivity contribution < 1.29 is 14.3 Å². The van der Waals surface area contributed by atoms with Crippen LogP contribution in [0.5, 0.6) is 11.5 Å². The fourth-order valence-electron chi connectivity index (χ4n) is 3.30. The van der Waals surface area contributed by atoms with E-state index in [2.05, 4.69) is 22.4 Å². The maximum atomic E-state index is 12.5. The van der Waals surface area contributed by atoms with E-state index in [1.54, 1.807) is 0 Å². The molecule has 2 heterocycles. The molecule has 0 atom stereocenters. The van der Waals surface area contributed by atoms with Crippen LogP contribution in [0.3, 0.4) is 0 Å². The van der Waals surface area contributed by atoms with Gasteiger partial charge in [0.25, 0.3) is 0 Å². The van der Waals surface area contributed by atoms with E-state index >= 15 is 0 Å². The van der Waals surface area contributed by atoms with Crippen molar-refractivity contribution in [2.45, 2.75) is 6.42 Å². The maximum Gasteiger partial charge on any atom is 0.231 e. The summed E-state index contributed by atoms with van der Waals surface area (Å²) in [5, 5.41) is 7.64. The topological polar surface area (TPSA) is 60.5 Å². The molecular formula is C22H16N2O3S. The number of aromatic nitrogens is 1. The van der Waals surface area contributed by atoms with E-state index in [1.165, 1.54) is 11.3 Å². The molecule has 5 rings (SSSR count). The second kappa shape index (κ2) is 6.98. The molecule has 1 aromatic heterocycles. The van der Waals surface area contributed by atoms with Crippen molar-refractivity contribution in [3.63, 3.8) is 0 Å². The summed E-state index contributed by atoms with van der Waals surface area (Å²) in [7, 11) is 0. The number of nitrogens with one attached hydrogen (secondary N) is 1. The quantitative estimate of drug-likeness (QED) is 0.542. The third-order valence-electron chi connectivity index (χ3n) is 4.65. The summed E-state index contributed by atoms with van der Waals surface area (Å²) in [6.45, 7) is 0.241. The maximum absolute atomic E-state index is 12.5. The second-order valence-electron chi connectivity index (χ2n) is 6.47. The Bertz CT molecular complexity index is 1180. The first-order valence-electron chi connectivity index (χ1n) is 8.88. The predicted molar refractivity (Wildman–Crippen MR) is 110 cm³/mol. The summed E-state index contributed by atoms with van der Waals surface area (Å²) in [6, 6.07) is 19.8. The van der Waals surface area contributed by atoms with Gasteiger partial charge >= 0.3 is 0 Å². The molecule has 0 aliphatic carbocycles. The Morgan fingerprint density at radius 3 is 2.86 bits per heavy atom. The summed E-state index contributed by atoms with van der Waals surface area (Å²) in [5.74, 6) is 1.37. The monoisotopic (exact) mass is 388 g/mol. The van der Waals surface area contributed by atoms with Crippen LogP contribution in [0, 0.1) is 0 Å². The highest BCUT2D eigenvalue weighted by molar-refractivity contribution is 7.14. The molecule has 138 valence electrons.